The predicted molar refractivity (Wildman–Crippen MR) is 127 cm³/mol. The number of nitrogens with zero attached hydrogens (tertiary/aromatic N) is 9. The first-order valence-corrected chi connectivity index (χ1v) is 10.8. The Hall–Kier alpha value is -4.08. The van der Waals surface area contributed by atoms with E-state index in [2.05, 4.69) is 32.7 Å². The standard InChI is InChI=1S/C13H14BN8.C11H8N.Ir/c1-18-11-12-19(13-18)14(20-8-2-5-15-20,21-9-3-6-16-21)22-10-4-7-17-22;1-2-6-10(7-3-1)11-8-4-5-9-12-11;/h2-12H,1H3;1-6,8-9H;/q2*-1;. The Morgan fingerprint density at radius 2 is 1.37 bits per heavy atom. The van der Waals surface area contributed by atoms with Crippen LogP contribution in [0, 0.1) is 12.4 Å². The number of hydrogen-bond donors (Lipinski definition) is 0. The zero-order valence-corrected chi connectivity index (χ0v) is 21.3. The molecule has 0 aliphatic carbocycles. The van der Waals surface area contributed by atoms with Crippen LogP contribution in [-0.2, 0) is 27.2 Å². The number of imidazole rings is 1. The van der Waals surface area contributed by atoms with E-state index in [1.54, 1.807) is 24.8 Å². The summed E-state index contributed by atoms with van der Waals surface area (Å²) in [6.45, 7) is -1.82. The number of aryl methyl sites for hydroxylation is 1. The van der Waals surface area contributed by atoms with Gasteiger partial charge in [0.05, 0.1) is 7.05 Å². The van der Waals surface area contributed by atoms with Gasteiger partial charge in [-0.15, -0.1) is 35.9 Å². The molecule has 11 heteroatoms. The summed E-state index contributed by atoms with van der Waals surface area (Å²) < 4.78 is 9.32. The fraction of sp³-hybridized carbons (Fsp3) is 0.0417. The van der Waals surface area contributed by atoms with E-state index < -0.39 is 6.69 Å². The number of benzene rings is 1. The van der Waals surface area contributed by atoms with E-state index in [0.717, 1.165) is 11.3 Å². The number of hydrogen-bond acceptors (Lipinski definition) is 4. The van der Waals surface area contributed by atoms with Crippen molar-refractivity contribution in [2.45, 2.75) is 0 Å². The van der Waals surface area contributed by atoms with Gasteiger partial charge in [0.15, 0.2) is 6.33 Å². The quantitative estimate of drug-likeness (QED) is 0.214. The van der Waals surface area contributed by atoms with Gasteiger partial charge in [-0.25, -0.2) is 15.3 Å². The van der Waals surface area contributed by atoms with Gasteiger partial charge in [-0.05, 0) is 54.7 Å². The maximum absolute atomic E-state index is 4.46. The molecule has 6 rings (SSSR count). The second-order valence-corrected chi connectivity index (χ2v) is 7.56. The van der Waals surface area contributed by atoms with Crippen LogP contribution in [-0.4, -0.2) is 45.3 Å². The third kappa shape index (κ3) is 4.77. The second kappa shape index (κ2) is 10.9. The van der Waals surface area contributed by atoms with Gasteiger partial charge in [0.2, 0.25) is 0 Å². The first-order chi connectivity index (χ1) is 16.8. The summed E-state index contributed by atoms with van der Waals surface area (Å²) in [5.41, 5.74) is 2.01. The minimum Gasteiger partial charge on any atom is -0.490 e. The topological polar surface area (TPSA) is 75.2 Å². The SMILES string of the molecule is Cn1[c-][n+]([B-](n2cccn2)(n2cccn2)n2cccn2)cc1.[Ir].[c-]1ccccc1-c1ccccn1. The molecule has 0 atom stereocenters. The van der Waals surface area contributed by atoms with Crippen molar-refractivity contribution in [2.75, 3.05) is 0 Å². The maximum atomic E-state index is 4.46. The fourth-order valence-corrected chi connectivity index (χ4v) is 3.89. The van der Waals surface area contributed by atoms with Crippen molar-refractivity contribution in [3.8, 4) is 11.3 Å². The van der Waals surface area contributed by atoms with Crippen molar-refractivity contribution in [3.63, 3.8) is 0 Å². The van der Waals surface area contributed by atoms with Gasteiger partial charge in [0.25, 0.3) is 0 Å². The Balaban J connectivity index is 0.000000189. The van der Waals surface area contributed by atoms with Crippen LogP contribution in [0.25, 0.3) is 11.3 Å². The normalized spacial score (nSPS) is 10.8. The maximum Gasteiger partial charge on any atom is 0.528 e. The molecular formula is C24H22BIrN9-2. The van der Waals surface area contributed by atoms with Crippen LogP contribution in [0.2, 0.25) is 0 Å². The Morgan fingerprint density at radius 1 is 0.743 bits per heavy atom. The third-order valence-electron chi connectivity index (χ3n) is 5.39. The van der Waals surface area contributed by atoms with E-state index in [9.17, 15) is 0 Å². The van der Waals surface area contributed by atoms with Crippen molar-refractivity contribution >= 4 is 6.69 Å². The van der Waals surface area contributed by atoms with E-state index in [1.807, 2.05) is 122 Å². The van der Waals surface area contributed by atoms with Gasteiger partial charge < -0.3 is 27.8 Å². The van der Waals surface area contributed by atoms with Crippen LogP contribution in [0.3, 0.4) is 0 Å². The Morgan fingerprint density at radius 3 is 1.80 bits per heavy atom. The average molecular weight is 640 g/mol. The molecule has 0 spiro atoms. The molecule has 5 aromatic heterocycles. The third-order valence-corrected chi connectivity index (χ3v) is 5.39. The second-order valence-electron chi connectivity index (χ2n) is 7.56. The molecular weight excluding hydrogens is 617 g/mol. The van der Waals surface area contributed by atoms with Gasteiger partial charge in [-0.1, -0.05) is 18.3 Å². The van der Waals surface area contributed by atoms with E-state index >= 15 is 0 Å². The molecule has 0 fully saturated rings. The molecule has 0 unspecified atom stereocenters. The van der Waals surface area contributed by atoms with Crippen LogP contribution in [0.1, 0.15) is 0 Å². The molecule has 0 aliphatic heterocycles. The van der Waals surface area contributed by atoms with E-state index in [-0.39, 0.29) is 20.1 Å². The Bertz CT molecular complexity index is 1280. The Kier molecular flexibility index (Phi) is 7.49. The number of aromatic nitrogens is 9. The molecule has 0 N–H and O–H groups in total. The molecule has 0 aliphatic rings. The molecule has 0 bridgehead atoms. The van der Waals surface area contributed by atoms with E-state index in [0.29, 0.717) is 0 Å². The van der Waals surface area contributed by atoms with Gasteiger partial charge in [0.1, 0.15) is 0 Å². The van der Waals surface area contributed by atoms with Crippen molar-refractivity contribution in [2.24, 2.45) is 7.05 Å². The smallest absolute Gasteiger partial charge is 0.490 e. The first kappa shape index (κ1) is 24.1. The summed E-state index contributed by atoms with van der Waals surface area (Å²) in [5.74, 6) is 0. The number of rotatable bonds is 5. The van der Waals surface area contributed by atoms with Crippen LogP contribution in [0.4, 0.5) is 0 Å². The Labute approximate surface area is 216 Å². The van der Waals surface area contributed by atoms with Gasteiger partial charge in [0, 0.05) is 44.9 Å². The van der Waals surface area contributed by atoms with Crippen LogP contribution in [0.5, 0.6) is 0 Å². The monoisotopic (exact) mass is 640 g/mol. The predicted octanol–water partition coefficient (Wildman–Crippen LogP) is 2.18. The zero-order valence-electron chi connectivity index (χ0n) is 18.9. The minimum absolute atomic E-state index is 0. The molecule has 0 saturated heterocycles. The summed E-state index contributed by atoms with van der Waals surface area (Å²) in [4.78, 5) is 4.22. The summed E-state index contributed by atoms with van der Waals surface area (Å²) in [7, 11) is 1.92. The summed E-state index contributed by atoms with van der Waals surface area (Å²) in [6, 6.07) is 22.5. The van der Waals surface area contributed by atoms with Crippen molar-refractivity contribution in [1.82, 2.24) is 38.6 Å². The fourth-order valence-electron chi connectivity index (χ4n) is 3.89. The van der Waals surface area contributed by atoms with Crippen molar-refractivity contribution in [1.29, 1.82) is 0 Å². The van der Waals surface area contributed by atoms with Crippen molar-refractivity contribution in [3.05, 3.63) is 129 Å². The van der Waals surface area contributed by atoms with Gasteiger partial charge in [-0.2, -0.15) is 0 Å². The number of pyridine rings is 1. The largest absolute Gasteiger partial charge is 0.528 e. The molecule has 1 radical (unpaired) electrons. The molecule has 0 amide bonds. The van der Waals surface area contributed by atoms with Gasteiger partial charge >= 0.3 is 6.69 Å². The summed E-state index contributed by atoms with van der Waals surface area (Å²) in [5, 5.41) is 13.4. The molecule has 0 saturated carbocycles. The van der Waals surface area contributed by atoms with E-state index in [4.69, 9.17) is 0 Å². The summed E-state index contributed by atoms with van der Waals surface area (Å²) in [6.07, 6.45) is 19.8. The molecule has 9 nitrogen and oxygen atoms in total. The average Bonchev–Trinajstić information content (AvgIpc) is 3.71. The van der Waals surface area contributed by atoms with Crippen LogP contribution in [0.15, 0.2) is 116 Å². The zero-order chi connectivity index (χ0) is 23.2. The molecule has 6 aromatic rings. The van der Waals surface area contributed by atoms with Crippen molar-refractivity contribution < 1.29 is 24.6 Å². The van der Waals surface area contributed by atoms with Crippen LogP contribution >= 0.6 is 0 Å². The molecule has 35 heavy (non-hydrogen) atoms. The van der Waals surface area contributed by atoms with Crippen LogP contribution < -0.4 is 4.48 Å². The first-order valence-electron chi connectivity index (χ1n) is 10.8. The van der Waals surface area contributed by atoms with Gasteiger partial charge in [-0.3, -0.25) is 0 Å². The molecule has 1 aromatic carbocycles. The summed E-state index contributed by atoms with van der Waals surface area (Å²) >= 11 is 0. The molecule has 177 valence electrons. The minimum atomic E-state index is -1.82. The molecule has 5 heterocycles. The van der Waals surface area contributed by atoms with E-state index in [1.165, 1.54) is 0 Å².